The first kappa shape index (κ1) is 35.3. The van der Waals surface area contributed by atoms with Crippen LogP contribution < -0.4 is 20.3 Å². The van der Waals surface area contributed by atoms with Crippen molar-refractivity contribution in [2.75, 3.05) is 41.7 Å². The van der Waals surface area contributed by atoms with Gasteiger partial charge in [0, 0.05) is 43.4 Å². The Bertz CT molecular complexity index is 1890. The van der Waals surface area contributed by atoms with Crippen LogP contribution in [0.5, 0.6) is 0 Å². The van der Waals surface area contributed by atoms with Crippen LogP contribution in [0, 0.1) is 0 Å². The maximum Gasteiger partial charge on any atom is 0.326 e. The number of hydrogen-bond acceptors (Lipinski definition) is 10. The molecule has 3 N–H and O–H groups in total. The molecule has 11 nitrogen and oxygen atoms in total. The van der Waals surface area contributed by atoms with E-state index in [9.17, 15) is 13.2 Å². The summed E-state index contributed by atoms with van der Waals surface area (Å²) < 4.78 is 35.4. The number of ether oxygens (including phenoxy) is 1. The highest BCUT2D eigenvalue weighted by Crippen LogP contribution is 2.33. The zero-order valence-corrected chi connectivity index (χ0v) is 30.1. The Kier molecular flexibility index (Phi) is 10.7. The first-order valence-electron chi connectivity index (χ1n) is 17.5. The van der Waals surface area contributed by atoms with Gasteiger partial charge in [-0.2, -0.15) is 4.72 Å². The zero-order valence-electron chi connectivity index (χ0n) is 29.3. The molecule has 0 unspecified atom stereocenters. The van der Waals surface area contributed by atoms with Crippen LogP contribution in [0.25, 0.3) is 11.1 Å². The number of rotatable bonds is 11. The van der Waals surface area contributed by atoms with E-state index in [-0.39, 0.29) is 11.4 Å². The van der Waals surface area contributed by atoms with Gasteiger partial charge in [0.2, 0.25) is 10.0 Å². The molecule has 6 rings (SSSR count). The number of esters is 1. The number of nitrogens with one attached hydrogen (secondary N) is 3. The van der Waals surface area contributed by atoms with Gasteiger partial charge in [0.05, 0.1) is 4.90 Å². The van der Waals surface area contributed by atoms with Crippen molar-refractivity contribution in [1.29, 1.82) is 0 Å². The van der Waals surface area contributed by atoms with Crippen molar-refractivity contribution in [2.45, 2.75) is 82.3 Å². The highest BCUT2D eigenvalue weighted by Gasteiger charge is 2.31. The van der Waals surface area contributed by atoms with Gasteiger partial charge in [0.25, 0.3) is 0 Å². The second-order valence-corrected chi connectivity index (χ2v) is 15.6. The van der Waals surface area contributed by atoms with Crippen LogP contribution in [-0.4, -0.2) is 67.2 Å². The number of carbonyl (C=O) groups excluding carboxylic acids is 1. The standard InChI is InChI=1S/C38H47N7O4S/c1-5-31-35(41-25-42-36(31)45-22-19-28(20-23-45)32-18-15-29-12-9-21-39-34(29)43-32)40-24-33(37(46)49-38(2,3)4)44-50(47,48)30-16-13-27(14-17-30)26-10-7-6-8-11-26/h6-8,10-11,13-18,25,28,33,44H,5,9,12,19-24H2,1-4H3,(H,39,43)(H,40,41,42)/t33-/m0/s1. The highest BCUT2D eigenvalue weighted by atomic mass is 32.2. The average molecular weight is 698 g/mol. The second kappa shape index (κ2) is 15.1. The Hall–Kier alpha value is -4.55. The van der Waals surface area contributed by atoms with E-state index in [4.69, 9.17) is 9.72 Å². The molecule has 0 bridgehead atoms. The van der Waals surface area contributed by atoms with Gasteiger partial charge in [-0.1, -0.05) is 55.5 Å². The van der Waals surface area contributed by atoms with Crippen LogP contribution in [0.15, 0.2) is 78.0 Å². The third-order valence-electron chi connectivity index (χ3n) is 9.14. The van der Waals surface area contributed by atoms with E-state index in [0.29, 0.717) is 18.2 Å². The topological polar surface area (TPSA) is 138 Å². The van der Waals surface area contributed by atoms with Crippen molar-refractivity contribution in [3.05, 3.63) is 89.9 Å². The lowest BCUT2D eigenvalue weighted by Crippen LogP contribution is -2.48. The molecule has 2 aliphatic heterocycles. The van der Waals surface area contributed by atoms with Gasteiger partial charge in [-0.05, 0) is 87.8 Å². The fraction of sp³-hybridized carbons (Fsp3) is 0.421. The van der Waals surface area contributed by atoms with E-state index in [2.05, 4.69) is 42.4 Å². The first-order valence-corrected chi connectivity index (χ1v) is 19.0. The van der Waals surface area contributed by atoms with Crippen molar-refractivity contribution in [3.63, 3.8) is 0 Å². The number of nitrogens with zero attached hydrogens (tertiary/aromatic N) is 4. The smallest absolute Gasteiger partial charge is 0.326 e. The minimum atomic E-state index is -4.08. The maximum atomic E-state index is 13.6. The van der Waals surface area contributed by atoms with Crippen LogP contribution in [0.4, 0.5) is 17.5 Å². The summed E-state index contributed by atoms with van der Waals surface area (Å²) in [7, 11) is -4.08. The van der Waals surface area contributed by atoms with Crippen molar-refractivity contribution in [2.24, 2.45) is 0 Å². The lowest BCUT2D eigenvalue weighted by Gasteiger charge is -2.34. The molecule has 0 saturated carbocycles. The normalized spacial score (nSPS) is 15.9. The van der Waals surface area contributed by atoms with Crippen LogP contribution in [0.1, 0.15) is 69.7 Å². The quantitative estimate of drug-likeness (QED) is 0.161. The van der Waals surface area contributed by atoms with E-state index < -0.39 is 27.6 Å². The number of aryl methyl sites for hydroxylation is 1. The predicted octanol–water partition coefficient (Wildman–Crippen LogP) is 5.94. The largest absolute Gasteiger partial charge is 0.459 e. The molecule has 2 aromatic carbocycles. The average Bonchev–Trinajstić information content (AvgIpc) is 3.12. The van der Waals surface area contributed by atoms with Gasteiger partial charge in [-0.3, -0.25) is 4.79 Å². The number of aromatic nitrogens is 3. The minimum absolute atomic E-state index is 0.0505. The molecule has 0 spiro atoms. The molecule has 4 heterocycles. The predicted molar refractivity (Wildman–Crippen MR) is 197 cm³/mol. The molecular weight excluding hydrogens is 651 g/mol. The second-order valence-electron chi connectivity index (χ2n) is 13.9. The third kappa shape index (κ3) is 8.42. The summed E-state index contributed by atoms with van der Waals surface area (Å²) in [6.07, 6.45) is 6.29. The van der Waals surface area contributed by atoms with E-state index in [1.807, 2.05) is 37.3 Å². The molecule has 12 heteroatoms. The summed E-state index contributed by atoms with van der Waals surface area (Å²) in [6.45, 7) is 9.84. The van der Waals surface area contributed by atoms with Crippen molar-refractivity contribution in [1.82, 2.24) is 19.7 Å². The number of sulfonamides is 1. The van der Waals surface area contributed by atoms with Gasteiger partial charge in [0.15, 0.2) is 0 Å². The van der Waals surface area contributed by atoms with Crippen molar-refractivity contribution < 1.29 is 17.9 Å². The summed E-state index contributed by atoms with van der Waals surface area (Å²) in [5, 5.41) is 6.71. The fourth-order valence-corrected chi connectivity index (χ4v) is 7.75. The maximum absolute atomic E-state index is 13.6. The first-order chi connectivity index (χ1) is 24.0. The molecule has 50 heavy (non-hydrogen) atoms. The molecule has 0 aliphatic carbocycles. The molecule has 0 amide bonds. The molecule has 2 aliphatic rings. The van der Waals surface area contributed by atoms with Crippen LogP contribution in [-0.2, 0) is 32.4 Å². The summed E-state index contributed by atoms with van der Waals surface area (Å²) >= 11 is 0. The number of anilines is 3. The lowest BCUT2D eigenvalue weighted by molar-refractivity contribution is -0.156. The summed E-state index contributed by atoms with van der Waals surface area (Å²) in [5.74, 6) is 2.12. The zero-order chi connectivity index (χ0) is 35.3. The van der Waals surface area contributed by atoms with E-state index in [1.165, 1.54) is 24.0 Å². The number of hydrogen-bond donors (Lipinski definition) is 3. The Labute approximate surface area is 295 Å². The van der Waals surface area contributed by atoms with Crippen LogP contribution >= 0.6 is 0 Å². The van der Waals surface area contributed by atoms with Crippen molar-refractivity contribution in [3.8, 4) is 11.1 Å². The van der Waals surface area contributed by atoms with E-state index >= 15 is 0 Å². The summed E-state index contributed by atoms with van der Waals surface area (Å²) in [6, 6.07) is 19.5. The lowest BCUT2D eigenvalue weighted by atomic mass is 9.92. The van der Waals surface area contributed by atoms with Gasteiger partial charge in [-0.15, -0.1) is 0 Å². The van der Waals surface area contributed by atoms with Crippen LogP contribution in [0.3, 0.4) is 0 Å². The number of benzene rings is 2. The Morgan fingerprint density at radius 2 is 1.72 bits per heavy atom. The van der Waals surface area contributed by atoms with Crippen LogP contribution in [0.2, 0.25) is 0 Å². The summed E-state index contributed by atoms with van der Waals surface area (Å²) in [5.41, 5.74) is 4.39. The molecule has 264 valence electrons. The van der Waals surface area contributed by atoms with Gasteiger partial charge in [-0.25, -0.2) is 23.4 Å². The summed E-state index contributed by atoms with van der Waals surface area (Å²) in [4.78, 5) is 29.9. The Morgan fingerprint density at radius 1 is 1.00 bits per heavy atom. The minimum Gasteiger partial charge on any atom is -0.459 e. The monoisotopic (exact) mass is 697 g/mol. The van der Waals surface area contributed by atoms with Gasteiger partial charge >= 0.3 is 5.97 Å². The Balaban J connectivity index is 1.15. The number of pyridine rings is 1. The van der Waals surface area contributed by atoms with E-state index in [0.717, 1.165) is 79.3 Å². The molecular formula is C38H47N7O4S. The number of fused-ring (bicyclic) bond motifs is 1. The molecule has 1 atom stereocenters. The SMILES string of the molecule is CCc1c(NC[C@H](NS(=O)(=O)c2ccc(-c3ccccc3)cc2)C(=O)OC(C)(C)C)ncnc1N1CCC(c2ccc3c(n2)NCCC3)CC1. The molecule has 0 radical (unpaired) electrons. The van der Waals surface area contributed by atoms with E-state index in [1.54, 1.807) is 32.9 Å². The number of carbonyl (C=O) groups is 1. The molecule has 1 fully saturated rings. The fourth-order valence-electron chi connectivity index (χ4n) is 6.57. The Morgan fingerprint density at radius 3 is 2.42 bits per heavy atom. The van der Waals surface area contributed by atoms with Gasteiger partial charge < -0.3 is 20.3 Å². The molecule has 1 saturated heterocycles. The van der Waals surface area contributed by atoms with Gasteiger partial charge in [0.1, 0.15) is 35.4 Å². The third-order valence-corrected chi connectivity index (χ3v) is 10.6. The van der Waals surface area contributed by atoms with Crippen molar-refractivity contribution >= 4 is 33.4 Å². The highest BCUT2D eigenvalue weighted by molar-refractivity contribution is 7.89. The molecule has 2 aromatic heterocycles. The number of piperidine rings is 1. The molecule has 4 aromatic rings.